The molecular formula is C35H39NO. The van der Waals surface area contributed by atoms with Crippen LogP contribution in [0.5, 0.6) is 0 Å². The summed E-state index contributed by atoms with van der Waals surface area (Å²) in [4.78, 5) is 15.5. The third-order valence-electron chi connectivity index (χ3n) is 8.54. The summed E-state index contributed by atoms with van der Waals surface area (Å²) in [6.07, 6.45) is 3.21. The second-order valence-corrected chi connectivity index (χ2v) is 11.6. The van der Waals surface area contributed by atoms with Crippen LogP contribution in [0.25, 0.3) is 11.1 Å². The van der Waals surface area contributed by atoms with Crippen molar-refractivity contribution in [2.45, 2.75) is 59.3 Å². The second-order valence-electron chi connectivity index (χ2n) is 11.6. The first kappa shape index (κ1) is 25.3. The van der Waals surface area contributed by atoms with Gasteiger partial charge in [0.25, 0.3) is 0 Å². The Labute approximate surface area is 222 Å². The fourth-order valence-electron chi connectivity index (χ4n) is 5.77. The van der Waals surface area contributed by atoms with Crippen LogP contribution in [0.4, 0.5) is 5.69 Å². The van der Waals surface area contributed by atoms with Gasteiger partial charge in [0, 0.05) is 36.2 Å². The Morgan fingerprint density at radius 1 is 0.811 bits per heavy atom. The smallest absolute Gasteiger partial charge is 0.182 e. The zero-order valence-electron chi connectivity index (χ0n) is 23.0. The summed E-state index contributed by atoms with van der Waals surface area (Å²) in [6, 6.07) is 28.1. The van der Waals surface area contributed by atoms with Gasteiger partial charge >= 0.3 is 0 Å². The monoisotopic (exact) mass is 489 g/mol. The lowest BCUT2D eigenvalue weighted by atomic mass is 9.78. The molecule has 1 heterocycles. The van der Waals surface area contributed by atoms with Crippen LogP contribution in [0.1, 0.15) is 67.0 Å². The molecule has 0 aromatic heterocycles. The highest BCUT2D eigenvalue weighted by Crippen LogP contribution is 2.35. The topological polar surface area (TPSA) is 20.3 Å². The van der Waals surface area contributed by atoms with Gasteiger partial charge in [0.2, 0.25) is 0 Å². The van der Waals surface area contributed by atoms with E-state index in [1.807, 2.05) is 6.07 Å². The first-order valence-electron chi connectivity index (χ1n) is 13.7. The number of aryl methyl sites for hydroxylation is 2. The van der Waals surface area contributed by atoms with Crippen LogP contribution in [0.3, 0.4) is 0 Å². The van der Waals surface area contributed by atoms with Gasteiger partial charge in [-0.2, -0.15) is 0 Å². The number of anilines is 1. The molecule has 1 fully saturated rings. The molecule has 2 aliphatic carbocycles. The van der Waals surface area contributed by atoms with E-state index in [1.165, 1.54) is 46.3 Å². The van der Waals surface area contributed by atoms with Gasteiger partial charge in [0.05, 0.1) is 0 Å². The van der Waals surface area contributed by atoms with Gasteiger partial charge in [-0.1, -0.05) is 87.0 Å². The third kappa shape index (κ3) is 5.21. The number of piperidine rings is 1. The van der Waals surface area contributed by atoms with Crippen LogP contribution >= 0.6 is 0 Å². The van der Waals surface area contributed by atoms with Crippen molar-refractivity contribution in [3.05, 3.63) is 122 Å². The van der Waals surface area contributed by atoms with Gasteiger partial charge < -0.3 is 4.90 Å². The van der Waals surface area contributed by atoms with E-state index in [0.717, 1.165) is 35.7 Å². The molecule has 0 N–H and O–H groups in total. The third-order valence-corrected chi connectivity index (χ3v) is 8.54. The molecule has 3 aliphatic rings. The Morgan fingerprint density at radius 2 is 1.43 bits per heavy atom. The van der Waals surface area contributed by atoms with Crippen LogP contribution in [-0.4, -0.2) is 13.1 Å². The van der Waals surface area contributed by atoms with E-state index in [0.29, 0.717) is 6.42 Å². The number of rotatable bonds is 5. The lowest BCUT2D eigenvalue weighted by Gasteiger charge is -2.33. The average molecular weight is 490 g/mol. The number of hydrogen-bond donors (Lipinski definition) is 0. The van der Waals surface area contributed by atoms with Crippen molar-refractivity contribution in [3.8, 4) is 11.1 Å². The molecule has 1 aliphatic heterocycles. The molecular weight excluding hydrogens is 450 g/mol. The van der Waals surface area contributed by atoms with Crippen LogP contribution in [0.2, 0.25) is 0 Å². The predicted octanol–water partition coefficient (Wildman–Crippen LogP) is 7.92. The highest BCUT2D eigenvalue weighted by atomic mass is 16.1. The van der Waals surface area contributed by atoms with Crippen LogP contribution in [-0.2, 0) is 11.8 Å². The molecule has 0 radical (unpaired) electrons. The minimum atomic E-state index is -0.155. The first-order chi connectivity index (χ1) is 17.7. The van der Waals surface area contributed by atoms with Crippen LogP contribution in [0.15, 0.2) is 83.7 Å². The molecule has 2 nitrogen and oxygen atoms in total. The van der Waals surface area contributed by atoms with Crippen molar-refractivity contribution in [1.29, 1.82) is 0 Å². The fraction of sp³-hybridized carbons (Fsp3) is 0.343. The number of fused-ring (bicyclic) bond motifs is 1. The molecule has 0 unspecified atom stereocenters. The number of hydrogen-bond acceptors (Lipinski definition) is 2. The molecule has 0 saturated carbocycles. The summed E-state index contributed by atoms with van der Waals surface area (Å²) in [6.45, 7) is 13.5. The van der Waals surface area contributed by atoms with E-state index in [-0.39, 0.29) is 10.8 Å². The summed E-state index contributed by atoms with van der Waals surface area (Å²) in [7, 11) is 0. The summed E-state index contributed by atoms with van der Waals surface area (Å²) < 4.78 is 0. The Balaban J connectivity index is 1.47. The minimum Gasteiger partial charge on any atom is -0.372 e. The average Bonchev–Trinajstić information content (AvgIpc) is 3.11. The van der Waals surface area contributed by atoms with Gasteiger partial charge in [-0.25, -0.2) is 0 Å². The highest BCUT2D eigenvalue weighted by Gasteiger charge is 2.24. The van der Waals surface area contributed by atoms with E-state index in [2.05, 4.69) is 106 Å². The van der Waals surface area contributed by atoms with Crippen molar-refractivity contribution < 1.29 is 0 Å². The molecule has 190 valence electrons. The minimum absolute atomic E-state index is 0.113. The molecule has 0 amide bonds. The second kappa shape index (κ2) is 10.2. The van der Waals surface area contributed by atoms with E-state index in [4.69, 9.17) is 0 Å². The standard InChI is InChI=1S/C35H39NO/c1-24-18-20-36(21-19-24)31-14-11-30(12-15-31)35(4,5)29-10-8-27-9-17-34(37)33(32(27)16-13-29)23-28-7-6-25(2)22-26(28)3/h6-17,22,24H,18-21,23H2,1-5H3. The summed E-state index contributed by atoms with van der Waals surface area (Å²) in [5.41, 5.74) is 10.6. The molecule has 2 aromatic rings. The molecule has 2 heteroatoms. The van der Waals surface area contributed by atoms with E-state index < -0.39 is 0 Å². The summed E-state index contributed by atoms with van der Waals surface area (Å²) in [5.74, 6) is 0.836. The molecule has 1 saturated heterocycles. The molecule has 37 heavy (non-hydrogen) atoms. The van der Waals surface area contributed by atoms with E-state index >= 15 is 0 Å². The molecule has 2 aromatic carbocycles. The van der Waals surface area contributed by atoms with Gasteiger partial charge in [0.15, 0.2) is 5.43 Å². The van der Waals surface area contributed by atoms with Gasteiger partial charge in [-0.3, -0.25) is 4.79 Å². The van der Waals surface area contributed by atoms with Gasteiger partial charge in [-0.15, -0.1) is 0 Å². The molecule has 0 bridgehead atoms. The lowest BCUT2D eigenvalue weighted by molar-refractivity contribution is 0.438. The molecule has 0 spiro atoms. The van der Waals surface area contributed by atoms with E-state index in [9.17, 15) is 4.79 Å². The zero-order chi connectivity index (χ0) is 26.2. The van der Waals surface area contributed by atoms with E-state index in [1.54, 1.807) is 6.07 Å². The first-order valence-corrected chi connectivity index (χ1v) is 13.7. The fourth-order valence-corrected chi connectivity index (χ4v) is 5.77. The van der Waals surface area contributed by atoms with Crippen molar-refractivity contribution in [1.82, 2.24) is 0 Å². The molecule has 0 atom stereocenters. The van der Waals surface area contributed by atoms with Crippen molar-refractivity contribution >= 4 is 5.69 Å². The highest BCUT2D eigenvalue weighted by molar-refractivity contribution is 5.69. The maximum absolute atomic E-state index is 13.0. The zero-order valence-corrected chi connectivity index (χ0v) is 23.0. The maximum Gasteiger partial charge on any atom is 0.182 e. The molecule has 5 rings (SSSR count). The van der Waals surface area contributed by atoms with Gasteiger partial charge in [0.1, 0.15) is 0 Å². The summed E-state index contributed by atoms with van der Waals surface area (Å²) >= 11 is 0. The quantitative estimate of drug-likeness (QED) is 0.284. The van der Waals surface area contributed by atoms with Gasteiger partial charge in [-0.05, 0) is 84.2 Å². The Hall–Kier alpha value is -3.39. The summed E-state index contributed by atoms with van der Waals surface area (Å²) in [5, 5.41) is 0. The van der Waals surface area contributed by atoms with Crippen LogP contribution < -0.4 is 10.3 Å². The Morgan fingerprint density at radius 3 is 2.11 bits per heavy atom. The normalized spacial score (nSPS) is 14.8. The predicted molar refractivity (Wildman–Crippen MR) is 157 cm³/mol. The maximum atomic E-state index is 13.0. The Bertz CT molecular complexity index is 1420. The number of nitrogens with zero attached hydrogens (tertiary/aromatic N) is 1. The van der Waals surface area contributed by atoms with Crippen LogP contribution in [0, 0.1) is 19.8 Å². The number of benzene rings is 3. The lowest BCUT2D eigenvalue weighted by Crippen LogP contribution is -2.32. The Kier molecular flexibility index (Phi) is 6.94. The van der Waals surface area contributed by atoms with Crippen molar-refractivity contribution in [3.63, 3.8) is 0 Å². The van der Waals surface area contributed by atoms with Crippen molar-refractivity contribution in [2.24, 2.45) is 5.92 Å². The largest absolute Gasteiger partial charge is 0.372 e. The van der Waals surface area contributed by atoms with Crippen molar-refractivity contribution in [2.75, 3.05) is 18.0 Å². The SMILES string of the molecule is Cc1ccc(Cc2c3ccc(C(C)(C)c4ccc(N5CCC(C)CC5)cc4)ccc-3ccc2=O)c(C)c1.